The Hall–Kier alpha value is -4.36. The van der Waals surface area contributed by atoms with Crippen LogP contribution in [0.2, 0.25) is 10.0 Å². The average Bonchev–Trinajstić information content (AvgIpc) is 3.66. The number of benzene rings is 3. The molecule has 0 aliphatic carbocycles. The van der Waals surface area contributed by atoms with Crippen LogP contribution in [0, 0.1) is 0 Å². The monoisotopic (exact) mass is 905 g/mol. The van der Waals surface area contributed by atoms with E-state index in [-0.39, 0.29) is 70.8 Å². The summed E-state index contributed by atoms with van der Waals surface area (Å²) in [6.07, 6.45) is 1.53. The van der Waals surface area contributed by atoms with Crippen molar-refractivity contribution in [2.24, 2.45) is 0 Å². The Bertz CT molecular complexity index is 2140. The van der Waals surface area contributed by atoms with Crippen molar-refractivity contribution in [3.05, 3.63) is 87.4 Å². The first-order valence-electron chi connectivity index (χ1n) is 19.9. The first-order valence-corrected chi connectivity index (χ1v) is 22.2. The van der Waals surface area contributed by atoms with Crippen molar-refractivity contribution in [1.29, 1.82) is 0 Å². The van der Waals surface area contributed by atoms with Crippen LogP contribution in [0.1, 0.15) is 47.2 Å². The van der Waals surface area contributed by atoms with Crippen LogP contribution in [0.4, 0.5) is 4.79 Å². The fourth-order valence-electron chi connectivity index (χ4n) is 9.03. The van der Waals surface area contributed by atoms with E-state index in [1.807, 2.05) is 35.2 Å². The number of halogens is 2. The standard InChI is InChI=1S/C42H53Cl2N5O11S/c1-57-33-24-28(25-34(58-2)36(33)60-4)38(51)49-19-13-41(37(49)39(52)61(54,55)56,30-10-11-31(43)32(44)26-30)12-16-46-17-14-42(15-18-46,29-8-6-5-7-9-29)45-40(53)48-22-20-47(21-23-48)27-35(50)59-3/h5-11,24-26,37,39,52H,12-23,27H2,1-4H3,(H,45,53)(H,54,55,56). The molecule has 16 nitrogen and oxygen atoms in total. The number of carbonyl (C=O) groups is 3. The van der Waals surface area contributed by atoms with Crippen molar-refractivity contribution in [1.82, 2.24) is 24.9 Å². The molecule has 3 unspecified atom stereocenters. The minimum absolute atomic E-state index is 0.00703. The number of rotatable bonds is 14. The number of amides is 3. The zero-order valence-electron chi connectivity index (χ0n) is 34.6. The number of nitrogens with zero attached hydrogens (tertiary/aromatic N) is 4. The summed E-state index contributed by atoms with van der Waals surface area (Å²) in [6.45, 7) is 3.62. The lowest BCUT2D eigenvalue weighted by Crippen LogP contribution is -2.59. The average molecular weight is 907 g/mol. The predicted octanol–water partition coefficient (Wildman–Crippen LogP) is 4.26. The van der Waals surface area contributed by atoms with Gasteiger partial charge < -0.3 is 44.1 Å². The number of nitrogens with one attached hydrogen (secondary N) is 1. The number of aliphatic hydroxyl groups excluding tert-OH is 1. The molecule has 0 bridgehead atoms. The molecule has 0 aromatic heterocycles. The second-order valence-electron chi connectivity index (χ2n) is 15.6. The normalized spacial score (nSPS) is 21.4. The fourth-order valence-corrected chi connectivity index (χ4v) is 10.1. The van der Waals surface area contributed by atoms with Gasteiger partial charge in [-0.25, -0.2) is 4.79 Å². The number of urea groups is 1. The molecule has 3 heterocycles. The smallest absolute Gasteiger partial charge is 0.319 e. The molecule has 3 amide bonds. The van der Waals surface area contributed by atoms with E-state index in [9.17, 15) is 32.5 Å². The molecular formula is C42H53Cl2N5O11S. The second kappa shape index (κ2) is 19.4. The van der Waals surface area contributed by atoms with E-state index in [2.05, 4.69) is 10.2 Å². The lowest BCUT2D eigenvalue weighted by atomic mass is 9.71. The Morgan fingerprint density at radius 3 is 2.00 bits per heavy atom. The predicted molar refractivity (Wildman–Crippen MR) is 228 cm³/mol. The number of hydrogen-bond acceptors (Lipinski definition) is 12. The summed E-state index contributed by atoms with van der Waals surface area (Å²) in [4.78, 5) is 47.4. The largest absolute Gasteiger partial charge is 0.493 e. The molecule has 3 aliphatic rings. The van der Waals surface area contributed by atoms with E-state index in [0.717, 1.165) is 5.56 Å². The molecule has 3 fully saturated rings. The van der Waals surface area contributed by atoms with Crippen molar-refractivity contribution >= 4 is 51.2 Å². The summed E-state index contributed by atoms with van der Waals surface area (Å²) >= 11 is 12.9. The van der Waals surface area contributed by atoms with Gasteiger partial charge in [0.25, 0.3) is 16.0 Å². The number of ether oxygens (including phenoxy) is 4. The Labute approximate surface area is 366 Å². The zero-order valence-corrected chi connectivity index (χ0v) is 37.0. The van der Waals surface area contributed by atoms with Gasteiger partial charge >= 0.3 is 12.0 Å². The Morgan fingerprint density at radius 2 is 1.44 bits per heavy atom. The molecule has 61 heavy (non-hydrogen) atoms. The first-order chi connectivity index (χ1) is 29.1. The van der Waals surface area contributed by atoms with E-state index >= 15 is 0 Å². The van der Waals surface area contributed by atoms with Crippen molar-refractivity contribution in [3.63, 3.8) is 0 Å². The van der Waals surface area contributed by atoms with Gasteiger partial charge in [-0.15, -0.1) is 0 Å². The minimum Gasteiger partial charge on any atom is -0.493 e. The first kappa shape index (κ1) is 46.2. The van der Waals surface area contributed by atoms with Crippen LogP contribution in [0.15, 0.2) is 60.7 Å². The van der Waals surface area contributed by atoms with Crippen LogP contribution in [-0.2, 0) is 30.6 Å². The Balaban J connectivity index is 1.27. The van der Waals surface area contributed by atoms with Gasteiger partial charge in [0.1, 0.15) is 0 Å². The lowest BCUT2D eigenvalue weighted by molar-refractivity contribution is -0.142. The summed E-state index contributed by atoms with van der Waals surface area (Å²) in [5.41, 5.74) is -2.78. The third-order valence-electron chi connectivity index (χ3n) is 12.4. The van der Waals surface area contributed by atoms with Crippen molar-refractivity contribution < 1.29 is 51.4 Å². The number of hydrogen-bond donors (Lipinski definition) is 3. The fraction of sp³-hybridized carbons (Fsp3) is 0.500. The topological polar surface area (TPSA) is 188 Å². The van der Waals surface area contributed by atoms with Crippen LogP contribution in [0.5, 0.6) is 17.2 Å². The highest BCUT2D eigenvalue weighted by molar-refractivity contribution is 7.86. The molecule has 0 spiro atoms. The highest BCUT2D eigenvalue weighted by Crippen LogP contribution is 2.48. The second-order valence-corrected chi connectivity index (χ2v) is 17.9. The van der Waals surface area contributed by atoms with Crippen LogP contribution in [0.25, 0.3) is 0 Å². The van der Waals surface area contributed by atoms with Gasteiger partial charge in [-0.05, 0) is 67.6 Å². The Morgan fingerprint density at radius 1 is 0.803 bits per heavy atom. The third-order valence-corrected chi connectivity index (χ3v) is 14.0. The van der Waals surface area contributed by atoms with E-state index in [1.54, 1.807) is 23.1 Å². The molecule has 6 rings (SSSR count). The van der Waals surface area contributed by atoms with Gasteiger partial charge in [-0.1, -0.05) is 59.6 Å². The molecule has 3 aromatic rings. The number of esters is 1. The zero-order chi connectivity index (χ0) is 44.1. The number of likely N-dealkylation sites (tertiary alicyclic amines) is 2. The van der Waals surface area contributed by atoms with Crippen LogP contribution in [0.3, 0.4) is 0 Å². The molecule has 0 radical (unpaired) electrons. The van der Waals surface area contributed by atoms with Crippen LogP contribution < -0.4 is 19.5 Å². The molecule has 3 atom stereocenters. The van der Waals surface area contributed by atoms with Gasteiger partial charge in [0, 0.05) is 56.8 Å². The number of aliphatic hydroxyl groups is 1. The van der Waals surface area contributed by atoms with Crippen molar-refractivity contribution in [2.75, 3.05) is 87.3 Å². The minimum atomic E-state index is -5.14. The summed E-state index contributed by atoms with van der Waals surface area (Å²) < 4.78 is 57.5. The number of methoxy groups -OCH3 is 4. The van der Waals surface area contributed by atoms with E-state index < -0.39 is 38.5 Å². The SMILES string of the molecule is COC(=O)CN1CCN(C(=O)NC2(c3ccccc3)CCN(CCC3(c4ccc(Cl)c(Cl)c4)CCN(C(=O)c4cc(OC)c(OC)c(OC)c4)C3C(O)S(=O)(=O)O)CC2)CC1. The summed E-state index contributed by atoms with van der Waals surface area (Å²) in [6, 6.07) is 15.9. The maximum absolute atomic E-state index is 14.5. The highest BCUT2D eigenvalue weighted by Gasteiger charge is 2.56. The maximum atomic E-state index is 14.5. The van der Waals surface area contributed by atoms with Crippen LogP contribution in [-0.4, -0.2) is 154 Å². The number of piperidine rings is 1. The number of piperazine rings is 1. The molecule has 0 saturated carbocycles. The van der Waals surface area contributed by atoms with E-state index in [4.69, 9.17) is 42.1 Å². The van der Waals surface area contributed by atoms with Gasteiger partial charge in [-0.2, -0.15) is 8.42 Å². The molecular weight excluding hydrogens is 853 g/mol. The quantitative estimate of drug-likeness (QED) is 0.154. The highest BCUT2D eigenvalue weighted by atomic mass is 35.5. The lowest BCUT2D eigenvalue weighted by Gasteiger charge is -2.46. The van der Waals surface area contributed by atoms with E-state index in [1.165, 1.54) is 45.5 Å². The number of carbonyl (C=O) groups excluding carboxylic acids is 3. The molecule has 19 heteroatoms. The molecule has 3 aliphatic heterocycles. The van der Waals surface area contributed by atoms with Gasteiger partial charge in [0.2, 0.25) is 11.2 Å². The third kappa shape index (κ3) is 9.83. The van der Waals surface area contributed by atoms with Crippen LogP contribution >= 0.6 is 23.2 Å². The Kier molecular flexibility index (Phi) is 14.6. The summed E-state index contributed by atoms with van der Waals surface area (Å²) in [5.74, 6) is -0.332. The molecule has 332 valence electrons. The van der Waals surface area contributed by atoms with Gasteiger partial charge in [0.05, 0.1) is 56.6 Å². The van der Waals surface area contributed by atoms with Gasteiger partial charge in [0.15, 0.2) is 11.5 Å². The molecule has 3 aromatic carbocycles. The van der Waals surface area contributed by atoms with Crippen molar-refractivity contribution in [3.8, 4) is 17.2 Å². The maximum Gasteiger partial charge on any atom is 0.319 e. The summed E-state index contributed by atoms with van der Waals surface area (Å²) in [5, 5.41) is 15.4. The van der Waals surface area contributed by atoms with Gasteiger partial charge in [-0.3, -0.25) is 19.0 Å². The molecule has 3 N–H and O–H groups in total. The summed E-state index contributed by atoms with van der Waals surface area (Å²) in [7, 11) is 0.440. The molecule has 3 saturated heterocycles. The van der Waals surface area contributed by atoms with E-state index in [0.29, 0.717) is 64.2 Å². The van der Waals surface area contributed by atoms with Crippen molar-refractivity contribution in [2.45, 2.75) is 48.1 Å².